The molecule has 0 aromatic rings. The molecule has 3 nitrogen and oxygen atoms in total. The van der Waals surface area contributed by atoms with Crippen LogP contribution >= 0.6 is 11.8 Å². The maximum absolute atomic E-state index is 11.3. The first-order valence-electron chi connectivity index (χ1n) is 6.98. The molecular weight excluding hydrogens is 246 g/mol. The number of hydrogen-bond donors (Lipinski definition) is 1. The van der Waals surface area contributed by atoms with Crippen molar-refractivity contribution in [2.45, 2.75) is 51.5 Å². The van der Waals surface area contributed by atoms with E-state index in [2.05, 4.69) is 18.7 Å². The second kappa shape index (κ2) is 5.41. The molecule has 0 saturated carbocycles. The highest BCUT2D eigenvalue weighted by molar-refractivity contribution is 7.99. The number of thioether (sulfide) groups is 1. The molecule has 0 spiro atoms. The normalized spacial score (nSPS) is 33.2. The van der Waals surface area contributed by atoms with Gasteiger partial charge in [-0.15, -0.1) is 0 Å². The number of aliphatic carboxylic acids is 1. The van der Waals surface area contributed by atoms with Gasteiger partial charge in [0.1, 0.15) is 0 Å². The molecule has 2 heterocycles. The average Bonchev–Trinajstić information content (AvgIpc) is 2.28. The van der Waals surface area contributed by atoms with Crippen molar-refractivity contribution in [3.63, 3.8) is 0 Å². The first-order chi connectivity index (χ1) is 8.44. The minimum atomic E-state index is -0.640. The second-order valence-electron chi connectivity index (χ2n) is 6.68. The van der Waals surface area contributed by atoms with E-state index >= 15 is 0 Å². The lowest BCUT2D eigenvalue weighted by Gasteiger charge is -2.51. The molecule has 2 aliphatic rings. The van der Waals surface area contributed by atoms with E-state index in [1.54, 1.807) is 0 Å². The van der Waals surface area contributed by atoms with E-state index in [9.17, 15) is 9.90 Å². The number of rotatable bonds is 3. The van der Waals surface area contributed by atoms with E-state index in [0.717, 1.165) is 31.0 Å². The summed E-state index contributed by atoms with van der Waals surface area (Å²) < 4.78 is 0. The van der Waals surface area contributed by atoms with Crippen molar-refractivity contribution in [3.8, 4) is 0 Å². The van der Waals surface area contributed by atoms with Crippen LogP contribution in [0, 0.1) is 5.41 Å². The molecule has 2 rings (SSSR count). The van der Waals surface area contributed by atoms with Gasteiger partial charge in [-0.25, -0.2) is 0 Å². The fourth-order valence-corrected chi connectivity index (χ4v) is 5.11. The molecule has 2 saturated heterocycles. The van der Waals surface area contributed by atoms with Crippen molar-refractivity contribution in [2.24, 2.45) is 5.41 Å². The van der Waals surface area contributed by atoms with Gasteiger partial charge in [-0.3, -0.25) is 9.69 Å². The number of carboxylic acid groups (broad SMARTS) is 1. The summed E-state index contributed by atoms with van der Waals surface area (Å²) >= 11 is 1.94. The minimum absolute atomic E-state index is 0.0985. The maximum atomic E-state index is 11.3. The Morgan fingerprint density at radius 2 is 1.89 bits per heavy atom. The minimum Gasteiger partial charge on any atom is -0.481 e. The van der Waals surface area contributed by atoms with Crippen LogP contribution < -0.4 is 0 Å². The van der Waals surface area contributed by atoms with Gasteiger partial charge in [-0.1, -0.05) is 20.3 Å². The van der Waals surface area contributed by atoms with Gasteiger partial charge in [-0.2, -0.15) is 11.8 Å². The van der Waals surface area contributed by atoms with Crippen molar-refractivity contribution < 1.29 is 9.90 Å². The zero-order chi connectivity index (χ0) is 13.2. The summed E-state index contributed by atoms with van der Waals surface area (Å²) in [6.07, 6.45) is 5.10. The molecule has 0 aliphatic carbocycles. The Hall–Kier alpha value is -0.220. The second-order valence-corrected chi connectivity index (χ2v) is 7.66. The van der Waals surface area contributed by atoms with Crippen LogP contribution in [0.25, 0.3) is 0 Å². The third-order valence-electron chi connectivity index (χ3n) is 4.18. The average molecular weight is 271 g/mol. The lowest BCUT2D eigenvalue weighted by atomic mass is 9.76. The Bertz CT molecular complexity index is 313. The van der Waals surface area contributed by atoms with E-state index < -0.39 is 5.97 Å². The summed E-state index contributed by atoms with van der Waals surface area (Å²) in [5, 5.41) is 9.30. The molecule has 1 unspecified atom stereocenters. The van der Waals surface area contributed by atoms with E-state index in [4.69, 9.17) is 0 Å². The highest BCUT2D eigenvalue weighted by Gasteiger charge is 2.46. The van der Waals surface area contributed by atoms with Gasteiger partial charge in [-0.05, 0) is 43.5 Å². The summed E-state index contributed by atoms with van der Waals surface area (Å²) in [7, 11) is 0. The van der Waals surface area contributed by atoms with E-state index in [-0.39, 0.29) is 11.0 Å². The fourth-order valence-electron chi connectivity index (χ4n) is 3.59. The Balaban J connectivity index is 2.18. The van der Waals surface area contributed by atoms with Crippen LogP contribution in [0.2, 0.25) is 0 Å². The van der Waals surface area contributed by atoms with Gasteiger partial charge >= 0.3 is 5.97 Å². The lowest BCUT2D eigenvalue weighted by Crippen LogP contribution is -2.58. The van der Waals surface area contributed by atoms with Gasteiger partial charge in [0.2, 0.25) is 0 Å². The highest BCUT2D eigenvalue weighted by atomic mass is 32.2. The first kappa shape index (κ1) is 14.2. The maximum Gasteiger partial charge on any atom is 0.305 e. The van der Waals surface area contributed by atoms with Crippen LogP contribution in [0.3, 0.4) is 0 Å². The largest absolute Gasteiger partial charge is 0.481 e. The Kier molecular flexibility index (Phi) is 4.27. The zero-order valence-corrected chi connectivity index (χ0v) is 12.4. The number of nitrogens with zero attached hydrogens (tertiary/aromatic N) is 1. The summed E-state index contributed by atoms with van der Waals surface area (Å²) in [6, 6.07) is 0. The van der Waals surface area contributed by atoms with Crippen molar-refractivity contribution in [1.29, 1.82) is 0 Å². The smallest absolute Gasteiger partial charge is 0.305 e. The van der Waals surface area contributed by atoms with Crippen LogP contribution in [0.5, 0.6) is 0 Å². The van der Waals surface area contributed by atoms with Crippen LogP contribution in [0.4, 0.5) is 0 Å². The molecule has 0 amide bonds. The van der Waals surface area contributed by atoms with Gasteiger partial charge < -0.3 is 5.11 Å². The summed E-state index contributed by atoms with van der Waals surface area (Å²) in [6.45, 7) is 6.73. The molecule has 1 atom stereocenters. The topological polar surface area (TPSA) is 40.5 Å². The summed E-state index contributed by atoms with van der Waals surface area (Å²) in [5.74, 6) is 1.50. The molecule has 0 aromatic carbocycles. The number of likely N-dealkylation sites (tertiary alicyclic amines) is 1. The zero-order valence-electron chi connectivity index (χ0n) is 11.6. The van der Waals surface area contributed by atoms with Crippen LogP contribution in [-0.2, 0) is 4.79 Å². The first-order valence-corrected chi connectivity index (χ1v) is 8.14. The van der Waals surface area contributed by atoms with E-state index in [0.29, 0.717) is 6.42 Å². The molecule has 18 heavy (non-hydrogen) atoms. The molecule has 2 fully saturated rings. The van der Waals surface area contributed by atoms with Crippen molar-refractivity contribution in [1.82, 2.24) is 4.90 Å². The monoisotopic (exact) mass is 271 g/mol. The fraction of sp³-hybridized carbons (Fsp3) is 0.929. The number of hydrogen-bond acceptors (Lipinski definition) is 3. The molecule has 104 valence electrons. The van der Waals surface area contributed by atoms with Gasteiger partial charge in [0.15, 0.2) is 0 Å². The Morgan fingerprint density at radius 3 is 2.44 bits per heavy atom. The number of carboxylic acids is 1. The van der Waals surface area contributed by atoms with Gasteiger partial charge in [0, 0.05) is 11.3 Å². The van der Waals surface area contributed by atoms with Crippen molar-refractivity contribution in [2.75, 3.05) is 24.6 Å². The molecule has 0 bridgehead atoms. The highest BCUT2D eigenvalue weighted by Crippen LogP contribution is 2.44. The predicted molar refractivity (Wildman–Crippen MR) is 76.1 cm³/mol. The third-order valence-corrected chi connectivity index (χ3v) is 5.91. The van der Waals surface area contributed by atoms with Crippen LogP contribution in [0.1, 0.15) is 46.0 Å². The van der Waals surface area contributed by atoms with Crippen LogP contribution in [0.15, 0.2) is 0 Å². The van der Waals surface area contributed by atoms with Gasteiger partial charge in [0.05, 0.1) is 6.42 Å². The SMILES string of the molecule is CC1(C)CSCC(CC(=O)O)(N2CCCCC2)C1. The van der Waals surface area contributed by atoms with Gasteiger partial charge in [0.25, 0.3) is 0 Å². The third kappa shape index (κ3) is 3.21. The Labute approximate surface area is 114 Å². The Morgan fingerprint density at radius 1 is 1.22 bits per heavy atom. The molecule has 2 aliphatic heterocycles. The van der Waals surface area contributed by atoms with Crippen LogP contribution in [-0.4, -0.2) is 46.1 Å². The molecule has 0 radical (unpaired) electrons. The van der Waals surface area contributed by atoms with Crippen molar-refractivity contribution in [3.05, 3.63) is 0 Å². The van der Waals surface area contributed by atoms with Crippen molar-refractivity contribution >= 4 is 17.7 Å². The molecular formula is C14H25NO2S. The molecule has 4 heteroatoms. The summed E-state index contributed by atoms with van der Waals surface area (Å²) in [5.41, 5.74) is 0.161. The molecule has 0 aromatic heterocycles. The summed E-state index contributed by atoms with van der Waals surface area (Å²) in [4.78, 5) is 13.8. The van der Waals surface area contributed by atoms with E-state index in [1.165, 1.54) is 19.3 Å². The predicted octanol–water partition coefficient (Wildman–Crippen LogP) is 2.85. The van der Waals surface area contributed by atoms with E-state index in [1.807, 2.05) is 11.8 Å². The number of carbonyl (C=O) groups is 1. The number of piperidine rings is 1. The standard InChI is InChI=1S/C14H25NO2S/c1-13(2)9-14(8-12(16)17,11-18-10-13)15-6-4-3-5-7-15/h3-11H2,1-2H3,(H,16,17). The lowest BCUT2D eigenvalue weighted by molar-refractivity contribution is -0.141. The molecule has 1 N–H and O–H groups in total. The quantitative estimate of drug-likeness (QED) is 0.857.